The second-order valence-electron chi connectivity index (χ2n) is 5.20. The van der Waals surface area contributed by atoms with E-state index in [4.69, 9.17) is 0 Å². The molecule has 0 atom stereocenters. The standard InChI is InChI=1S/C15H8F6O2/c16-14(17,18)13(23,15(19,20)21)9-5-8-2-1-7-3-4-11(22)10(6-9)12(7)8/h1-6,22-23H. The molecule has 0 aromatic heterocycles. The summed E-state index contributed by atoms with van der Waals surface area (Å²) in [5.74, 6) is -0.470. The molecule has 23 heavy (non-hydrogen) atoms. The highest BCUT2D eigenvalue weighted by Crippen LogP contribution is 2.51. The molecule has 8 heteroatoms. The zero-order chi connectivity index (χ0) is 17.2. The van der Waals surface area contributed by atoms with Gasteiger partial charge in [-0.05, 0) is 34.7 Å². The Kier molecular flexibility index (Phi) is 3.00. The smallest absolute Gasteiger partial charge is 0.430 e. The molecule has 0 unspecified atom stereocenters. The molecule has 0 bridgehead atoms. The van der Waals surface area contributed by atoms with Crippen LogP contribution in [-0.4, -0.2) is 22.6 Å². The molecule has 0 saturated carbocycles. The molecule has 2 aromatic rings. The lowest BCUT2D eigenvalue weighted by Crippen LogP contribution is -2.53. The van der Waals surface area contributed by atoms with Gasteiger partial charge in [-0.1, -0.05) is 18.2 Å². The fraction of sp³-hybridized carbons (Fsp3) is 0.200. The van der Waals surface area contributed by atoms with Crippen LogP contribution >= 0.6 is 0 Å². The third-order valence-electron chi connectivity index (χ3n) is 3.83. The maximum absolute atomic E-state index is 13.0. The number of benzene rings is 2. The van der Waals surface area contributed by atoms with E-state index in [9.17, 15) is 36.6 Å². The van der Waals surface area contributed by atoms with Gasteiger partial charge >= 0.3 is 12.4 Å². The zero-order valence-corrected chi connectivity index (χ0v) is 11.1. The van der Waals surface area contributed by atoms with Crippen molar-refractivity contribution in [1.29, 1.82) is 0 Å². The van der Waals surface area contributed by atoms with Crippen LogP contribution in [0.1, 0.15) is 16.7 Å². The molecule has 0 spiro atoms. The van der Waals surface area contributed by atoms with Gasteiger partial charge in [-0.15, -0.1) is 0 Å². The van der Waals surface area contributed by atoms with Crippen LogP contribution in [0.3, 0.4) is 0 Å². The summed E-state index contributed by atoms with van der Waals surface area (Å²) in [6, 6.07) is 3.81. The van der Waals surface area contributed by atoms with E-state index in [2.05, 4.69) is 0 Å². The fourth-order valence-corrected chi connectivity index (χ4v) is 2.68. The lowest BCUT2D eigenvalue weighted by molar-refractivity contribution is -0.376. The molecule has 0 fully saturated rings. The molecular weight excluding hydrogens is 326 g/mol. The number of hydrogen-bond donors (Lipinski definition) is 2. The molecule has 2 aromatic carbocycles. The normalized spacial score (nSPS) is 14.7. The number of aliphatic hydroxyl groups is 1. The number of phenols is 1. The summed E-state index contributed by atoms with van der Waals surface area (Å²) in [6.07, 6.45) is -9.11. The predicted octanol–water partition coefficient (Wildman–Crippen LogP) is 4.34. The number of halogens is 6. The zero-order valence-electron chi connectivity index (χ0n) is 11.1. The van der Waals surface area contributed by atoms with Gasteiger partial charge in [0, 0.05) is 10.9 Å². The maximum Gasteiger partial charge on any atom is 0.430 e. The van der Waals surface area contributed by atoms with E-state index >= 15 is 0 Å². The van der Waals surface area contributed by atoms with Crippen LogP contribution in [0.25, 0.3) is 22.9 Å². The monoisotopic (exact) mass is 334 g/mol. The Morgan fingerprint density at radius 2 is 1.35 bits per heavy atom. The largest absolute Gasteiger partial charge is 0.507 e. The number of aromatic hydroxyl groups is 1. The van der Waals surface area contributed by atoms with Crippen LogP contribution < -0.4 is 0 Å². The summed E-state index contributed by atoms with van der Waals surface area (Å²) in [5, 5.41) is 19.4. The second kappa shape index (κ2) is 4.41. The number of hydrogen-bond acceptors (Lipinski definition) is 2. The van der Waals surface area contributed by atoms with E-state index in [-0.39, 0.29) is 10.9 Å². The van der Waals surface area contributed by atoms with Gasteiger partial charge < -0.3 is 10.2 Å². The summed E-state index contributed by atoms with van der Waals surface area (Å²) in [7, 11) is 0. The van der Waals surface area contributed by atoms with Crippen molar-refractivity contribution in [3.8, 4) is 5.75 Å². The van der Waals surface area contributed by atoms with Gasteiger partial charge in [0.05, 0.1) is 0 Å². The van der Waals surface area contributed by atoms with Gasteiger partial charge in [-0.3, -0.25) is 0 Å². The van der Waals surface area contributed by atoms with Crippen LogP contribution in [-0.2, 0) is 5.60 Å². The fourth-order valence-electron chi connectivity index (χ4n) is 2.68. The van der Waals surface area contributed by atoms with E-state index in [0.29, 0.717) is 23.1 Å². The van der Waals surface area contributed by atoms with Crippen molar-refractivity contribution >= 4 is 22.9 Å². The Morgan fingerprint density at radius 1 is 0.783 bits per heavy atom. The van der Waals surface area contributed by atoms with Crippen LogP contribution in [0.15, 0.2) is 24.3 Å². The van der Waals surface area contributed by atoms with Crippen molar-refractivity contribution < 1.29 is 36.6 Å². The van der Waals surface area contributed by atoms with E-state index in [1.165, 1.54) is 24.3 Å². The molecule has 0 aliphatic heterocycles. The maximum atomic E-state index is 13.0. The molecule has 0 radical (unpaired) electrons. The summed E-state index contributed by atoms with van der Waals surface area (Å²) in [4.78, 5) is 0. The molecule has 1 aliphatic carbocycles. The van der Waals surface area contributed by atoms with Crippen molar-refractivity contribution in [2.24, 2.45) is 0 Å². The second-order valence-corrected chi connectivity index (χ2v) is 5.20. The Hall–Kier alpha value is -2.22. The third kappa shape index (κ3) is 2.01. The van der Waals surface area contributed by atoms with Crippen molar-refractivity contribution in [2.75, 3.05) is 0 Å². The first-order chi connectivity index (χ1) is 10.5. The number of alkyl halides is 6. The molecule has 0 heterocycles. The first-order valence-corrected chi connectivity index (χ1v) is 6.31. The summed E-state index contributed by atoms with van der Waals surface area (Å²) >= 11 is 0. The first kappa shape index (κ1) is 15.7. The molecule has 2 nitrogen and oxygen atoms in total. The minimum atomic E-state index is -5.97. The predicted molar refractivity (Wildman–Crippen MR) is 70.5 cm³/mol. The van der Waals surface area contributed by atoms with E-state index in [1.807, 2.05) is 0 Å². The summed E-state index contributed by atoms with van der Waals surface area (Å²) < 4.78 is 77.9. The van der Waals surface area contributed by atoms with Gasteiger partial charge in [0.15, 0.2) is 0 Å². The van der Waals surface area contributed by atoms with Gasteiger partial charge in [-0.2, -0.15) is 26.3 Å². The van der Waals surface area contributed by atoms with Gasteiger partial charge in [0.2, 0.25) is 0 Å². The van der Waals surface area contributed by atoms with E-state index in [0.717, 1.165) is 0 Å². The molecule has 2 N–H and O–H groups in total. The molecule has 1 aliphatic rings. The topological polar surface area (TPSA) is 40.5 Å². The highest BCUT2D eigenvalue weighted by atomic mass is 19.4. The Morgan fingerprint density at radius 3 is 1.91 bits per heavy atom. The average molecular weight is 334 g/mol. The van der Waals surface area contributed by atoms with Crippen molar-refractivity contribution in [2.45, 2.75) is 18.0 Å². The van der Waals surface area contributed by atoms with Crippen LogP contribution in [0.5, 0.6) is 5.75 Å². The molecule has 0 saturated heterocycles. The van der Waals surface area contributed by atoms with Crippen molar-refractivity contribution in [1.82, 2.24) is 0 Å². The Bertz CT molecular complexity index is 818. The minimum absolute atomic E-state index is 0.0651. The van der Waals surface area contributed by atoms with Crippen LogP contribution in [0.2, 0.25) is 0 Å². The van der Waals surface area contributed by atoms with E-state index in [1.54, 1.807) is 0 Å². The Balaban J connectivity index is 2.38. The quantitative estimate of drug-likeness (QED) is 0.650. The van der Waals surface area contributed by atoms with Gasteiger partial charge in [-0.25, -0.2) is 0 Å². The highest BCUT2D eigenvalue weighted by Gasteiger charge is 2.71. The van der Waals surface area contributed by atoms with Gasteiger partial charge in [0.1, 0.15) is 5.75 Å². The lowest BCUT2D eigenvalue weighted by Gasteiger charge is -2.33. The highest BCUT2D eigenvalue weighted by molar-refractivity contribution is 6.07. The van der Waals surface area contributed by atoms with Gasteiger partial charge in [0.25, 0.3) is 5.60 Å². The SMILES string of the molecule is Oc1ccc2c3c(cc(C(O)(C(F)(F)F)C(F)(F)F)cc13)C=C2. The average Bonchev–Trinajstić information content (AvgIpc) is 2.83. The lowest BCUT2D eigenvalue weighted by atomic mass is 9.88. The summed E-state index contributed by atoms with van der Waals surface area (Å²) in [5.41, 5.74) is -5.79. The molecule has 122 valence electrons. The van der Waals surface area contributed by atoms with Crippen LogP contribution in [0.4, 0.5) is 26.3 Å². The van der Waals surface area contributed by atoms with E-state index < -0.39 is 29.3 Å². The minimum Gasteiger partial charge on any atom is -0.507 e. The van der Waals surface area contributed by atoms with Crippen molar-refractivity contribution in [3.63, 3.8) is 0 Å². The van der Waals surface area contributed by atoms with Crippen LogP contribution in [0, 0.1) is 0 Å². The number of phenolic OH excluding ortho intramolecular Hbond substituents is 1. The number of rotatable bonds is 1. The van der Waals surface area contributed by atoms with Crippen molar-refractivity contribution in [3.05, 3.63) is 41.0 Å². The first-order valence-electron chi connectivity index (χ1n) is 6.31. The summed E-state index contributed by atoms with van der Waals surface area (Å²) in [6.45, 7) is 0. The molecular formula is C15H8F6O2. The third-order valence-corrected chi connectivity index (χ3v) is 3.83. The molecule has 3 rings (SSSR count). The molecule has 0 amide bonds. The Labute approximate surface area is 125 Å².